The first-order valence-electron chi connectivity index (χ1n) is 10.9. The highest BCUT2D eigenvalue weighted by Crippen LogP contribution is 2.32. The van der Waals surface area contributed by atoms with Crippen LogP contribution in [0.2, 0.25) is 0 Å². The zero-order valence-corrected chi connectivity index (χ0v) is 20.0. The molecular formula is C22H27N3O6S2. The Labute approximate surface area is 194 Å². The predicted molar refractivity (Wildman–Crippen MR) is 124 cm³/mol. The van der Waals surface area contributed by atoms with E-state index in [-0.39, 0.29) is 33.7 Å². The molecule has 2 saturated heterocycles. The van der Waals surface area contributed by atoms with Crippen molar-refractivity contribution in [2.45, 2.75) is 42.4 Å². The van der Waals surface area contributed by atoms with Crippen LogP contribution in [0.15, 0.2) is 52.3 Å². The van der Waals surface area contributed by atoms with Gasteiger partial charge in [0.25, 0.3) is 10.0 Å². The summed E-state index contributed by atoms with van der Waals surface area (Å²) in [7, 11) is -7.79. The van der Waals surface area contributed by atoms with Gasteiger partial charge in [-0.15, -0.1) is 0 Å². The van der Waals surface area contributed by atoms with Gasteiger partial charge in [-0.3, -0.25) is 9.52 Å². The topological polar surface area (TPSA) is 113 Å². The fourth-order valence-corrected chi connectivity index (χ4v) is 6.78. The molecule has 0 radical (unpaired) electrons. The van der Waals surface area contributed by atoms with Crippen molar-refractivity contribution in [2.24, 2.45) is 0 Å². The number of anilines is 2. The van der Waals surface area contributed by atoms with Gasteiger partial charge in [-0.25, -0.2) is 16.8 Å². The molecule has 0 bridgehead atoms. The Bertz CT molecular complexity index is 1240. The molecule has 2 aliphatic rings. The Balaban J connectivity index is 1.60. The van der Waals surface area contributed by atoms with Crippen LogP contribution in [-0.2, 0) is 24.8 Å². The highest BCUT2D eigenvalue weighted by Gasteiger charge is 2.31. The molecule has 0 aliphatic carbocycles. The van der Waals surface area contributed by atoms with E-state index in [1.165, 1.54) is 34.6 Å². The number of nitrogens with one attached hydrogen (secondary N) is 1. The van der Waals surface area contributed by atoms with Crippen molar-refractivity contribution >= 4 is 37.3 Å². The van der Waals surface area contributed by atoms with Crippen LogP contribution < -0.4 is 14.4 Å². The van der Waals surface area contributed by atoms with Crippen molar-refractivity contribution in [3.05, 3.63) is 42.5 Å². The first-order chi connectivity index (χ1) is 15.7. The van der Waals surface area contributed by atoms with E-state index in [2.05, 4.69) is 4.72 Å². The fourth-order valence-electron chi connectivity index (χ4n) is 4.06. The number of nitrogens with zero attached hydrogens (tertiary/aromatic N) is 2. The first kappa shape index (κ1) is 23.5. The standard InChI is InChI=1S/C22H27N3O6S2/c1-2-31-20-12-7-17(16-21(20)33(29,30)24-13-3-4-14-24)23-32(27,28)19-10-8-18(9-11-19)25-15-5-6-22(25)26/h7-12,16,23H,2-6,13-15H2,1H3. The summed E-state index contributed by atoms with van der Waals surface area (Å²) in [6.45, 7) is 3.50. The number of sulfonamides is 2. The third kappa shape index (κ3) is 4.85. The molecule has 0 aromatic heterocycles. The molecule has 4 rings (SSSR count). The molecule has 1 N–H and O–H groups in total. The monoisotopic (exact) mass is 493 g/mol. The highest BCUT2D eigenvalue weighted by molar-refractivity contribution is 7.92. The molecule has 11 heteroatoms. The number of benzene rings is 2. The number of amides is 1. The van der Waals surface area contributed by atoms with Gasteiger partial charge in [0, 0.05) is 31.7 Å². The van der Waals surface area contributed by atoms with Crippen molar-refractivity contribution in [3.63, 3.8) is 0 Å². The summed E-state index contributed by atoms with van der Waals surface area (Å²) in [6, 6.07) is 10.3. The van der Waals surface area contributed by atoms with Gasteiger partial charge in [0.1, 0.15) is 10.6 Å². The van der Waals surface area contributed by atoms with Crippen molar-refractivity contribution in [3.8, 4) is 5.75 Å². The number of rotatable bonds is 8. The summed E-state index contributed by atoms with van der Waals surface area (Å²) in [6.07, 6.45) is 2.84. The van der Waals surface area contributed by atoms with Crippen molar-refractivity contribution in [1.29, 1.82) is 0 Å². The predicted octanol–water partition coefficient (Wildman–Crippen LogP) is 2.80. The number of hydrogen-bond donors (Lipinski definition) is 1. The summed E-state index contributed by atoms with van der Waals surface area (Å²) < 4.78 is 61.5. The molecule has 2 aliphatic heterocycles. The Morgan fingerprint density at radius 3 is 2.24 bits per heavy atom. The number of ether oxygens (including phenoxy) is 1. The van der Waals surface area contributed by atoms with Gasteiger partial charge < -0.3 is 9.64 Å². The van der Waals surface area contributed by atoms with E-state index in [4.69, 9.17) is 4.74 Å². The van der Waals surface area contributed by atoms with Gasteiger partial charge in [-0.2, -0.15) is 4.31 Å². The van der Waals surface area contributed by atoms with E-state index in [0.29, 0.717) is 31.7 Å². The lowest BCUT2D eigenvalue weighted by Gasteiger charge is -2.19. The molecule has 0 saturated carbocycles. The minimum atomic E-state index is -3.98. The van der Waals surface area contributed by atoms with E-state index >= 15 is 0 Å². The SMILES string of the molecule is CCOc1ccc(NS(=O)(=O)c2ccc(N3CCCC3=O)cc2)cc1S(=O)(=O)N1CCCC1. The average molecular weight is 494 g/mol. The molecule has 0 spiro atoms. The Morgan fingerprint density at radius 2 is 1.64 bits per heavy atom. The number of carbonyl (C=O) groups is 1. The van der Waals surface area contributed by atoms with Crippen LogP contribution in [-0.4, -0.2) is 53.3 Å². The highest BCUT2D eigenvalue weighted by atomic mass is 32.2. The van der Waals surface area contributed by atoms with Gasteiger partial charge in [0.05, 0.1) is 17.2 Å². The quantitative estimate of drug-likeness (QED) is 0.605. The zero-order valence-electron chi connectivity index (χ0n) is 18.4. The van der Waals surface area contributed by atoms with Crippen LogP contribution in [0, 0.1) is 0 Å². The molecule has 178 valence electrons. The third-order valence-electron chi connectivity index (χ3n) is 5.71. The number of carbonyl (C=O) groups excluding carboxylic acids is 1. The lowest BCUT2D eigenvalue weighted by atomic mass is 10.3. The Kier molecular flexibility index (Phi) is 6.64. The van der Waals surface area contributed by atoms with Gasteiger partial charge in [-0.05, 0) is 68.7 Å². The van der Waals surface area contributed by atoms with Crippen molar-refractivity contribution in [2.75, 3.05) is 35.9 Å². The second-order valence-electron chi connectivity index (χ2n) is 7.95. The maximum atomic E-state index is 13.1. The lowest BCUT2D eigenvalue weighted by Crippen LogP contribution is -2.28. The molecule has 2 aromatic rings. The van der Waals surface area contributed by atoms with Crippen LogP contribution in [0.4, 0.5) is 11.4 Å². The second-order valence-corrected chi connectivity index (χ2v) is 11.5. The minimum Gasteiger partial charge on any atom is -0.492 e. The minimum absolute atomic E-state index is 0.00994. The van der Waals surface area contributed by atoms with Crippen LogP contribution >= 0.6 is 0 Å². The average Bonchev–Trinajstić information content (AvgIpc) is 3.47. The molecule has 0 atom stereocenters. The normalized spacial score (nSPS) is 17.5. The van der Waals surface area contributed by atoms with Crippen molar-refractivity contribution < 1.29 is 26.4 Å². The van der Waals surface area contributed by atoms with E-state index in [1.807, 2.05) is 0 Å². The van der Waals surface area contributed by atoms with E-state index in [1.54, 1.807) is 24.0 Å². The van der Waals surface area contributed by atoms with E-state index in [9.17, 15) is 21.6 Å². The van der Waals surface area contributed by atoms with Crippen LogP contribution in [0.3, 0.4) is 0 Å². The van der Waals surface area contributed by atoms with Crippen LogP contribution in [0.5, 0.6) is 5.75 Å². The molecule has 33 heavy (non-hydrogen) atoms. The van der Waals surface area contributed by atoms with E-state index in [0.717, 1.165) is 19.3 Å². The molecule has 2 aromatic carbocycles. The van der Waals surface area contributed by atoms with Gasteiger partial charge in [0.2, 0.25) is 15.9 Å². The lowest BCUT2D eigenvalue weighted by molar-refractivity contribution is -0.117. The maximum absolute atomic E-state index is 13.1. The smallest absolute Gasteiger partial charge is 0.261 e. The summed E-state index contributed by atoms with van der Waals surface area (Å²) in [5.74, 6) is 0.205. The summed E-state index contributed by atoms with van der Waals surface area (Å²) in [5.41, 5.74) is 0.770. The molecule has 0 unspecified atom stereocenters. The molecule has 9 nitrogen and oxygen atoms in total. The van der Waals surface area contributed by atoms with Gasteiger partial charge in [0.15, 0.2) is 0 Å². The number of hydrogen-bond acceptors (Lipinski definition) is 6. The summed E-state index contributed by atoms with van der Waals surface area (Å²) >= 11 is 0. The van der Waals surface area contributed by atoms with Crippen LogP contribution in [0.1, 0.15) is 32.6 Å². The van der Waals surface area contributed by atoms with E-state index < -0.39 is 20.0 Å². The zero-order chi connectivity index (χ0) is 23.6. The molecular weight excluding hydrogens is 466 g/mol. The fraction of sp³-hybridized carbons (Fsp3) is 0.409. The Hall–Kier alpha value is -2.63. The van der Waals surface area contributed by atoms with Crippen molar-refractivity contribution in [1.82, 2.24) is 4.31 Å². The largest absolute Gasteiger partial charge is 0.492 e. The third-order valence-corrected chi connectivity index (χ3v) is 9.03. The van der Waals surface area contributed by atoms with Crippen LogP contribution in [0.25, 0.3) is 0 Å². The second kappa shape index (κ2) is 9.32. The van der Waals surface area contributed by atoms with Gasteiger partial charge in [-0.1, -0.05) is 0 Å². The maximum Gasteiger partial charge on any atom is 0.261 e. The molecule has 1 amide bonds. The summed E-state index contributed by atoms with van der Waals surface area (Å²) in [5, 5.41) is 0. The summed E-state index contributed by atoms with van der Waals surface area (Å²) in [4.78, 5) is 13.5. The van der Waals surface area contributed by atoms with Gasteiger partial charge >= 0.3 is 0 Å². The molecule has 2 fully saturated rings. The first-order valence-corrected chi connectivity index (χ1v) is 13.8. The Morgan fingerprint density at radius 1 is 0.939 bits per heavy atom. The molecule has 2 heterocycles.